The summed E-state index contributed by atoms with van der Waals surface area (Å²) in [5, 5.41) is 0. The Hall–Kier alpha value is -0.260. The van der Waals surface area contributed by atoms with Gasteiger partial charge in [0.15, 0.2) is 0 Å². The fourth-order valence-electron chi connectivity index (χ4n) is 0.527. The van der Waals surface area contributed by atoms with Gasteiger partial charge in [-0.15, -0.1) is 0 Å². The standard InChI is InChI=1S/C7H15NO3S/c1-2-10-3-4-11-7(9)6(8)5-12/h6,12H,2-5,8H2,1H3/t6-/m1/s1. The molecule has 0 aliphatic heterocycles. The van der Waals surface area contributed by atoms with E-state index in [9.17, 15) is 4.79 Å². The van der Waals surface area contributed by atoms with Crippen LogP contribution in [0.2, 0.25) is 0 Å². The van der Waals surface area contributed by atoms with Crippen LogP contribution in [-0.4, -0.2) is 37.6 Å². The monoisotopic (exact) mass is 193 g/mol. The third kappa shape index (κ3) is 5.40. The van der Waals surface area contributed by atoms with Gasteiger partial charge in [0.25, 0.3) is 0 Å². The van der Waals surface area contributed by atoms with Gasteiger partial charge in [-0.3, -0.25) is 4.79 Å². The van der Waals surface area contributed by atoms with Crippen molar-refractivity contribution in [1.82, 2.24) is 0 Å². The van der Waals surface area contributed by atoms with E-state index in [-0.39, 0.29) is 6.61 Å². The van der Waals surface area contributed by atoms with Crippen molar-refractivity contribution in [3.05, 3.63) is 0 Å². The third-order valence-corrected chi connectivity index (χ3v) is 1.57. The van der Waals surface area contributed by atoms with E-state index in [0.29, 0.717) is 19.0 Å². The van der Waals surface area contributed by atoms with Crippen LogP contribution >= 0.6 is 12.6 Å². The van der Waals surface area contributed by atoms with E-state index in [1.807, 2.05) is 6.92 Å². The fraction of sp³-hybridized carbons (Fsp3) is 0.857. The molecule has 0 aromatic rings. The van der Waals surface area contributed by atoms with Crippen LogP contribution in [0, 0.1) is 0 Å². The molecule has 0 amide bonds. The Balaban J connectivity index is 3.31. The summed E-state index contributed by atoms with van der Waals surface area (Å²) in [5.74, 6) is -0.127. The number of ether oxygens (including phenoxy) is 2. The van der Waals surface area contributed by atoms with Crippen molar-refractivity contribution < 1.29 is 14.3 Å². The van der Waals surface area contributed by atoms with Crippen molar-refractivity contribution in [3.8, 4) is 0 Å². The summed E-state index contributed by atoms with van der Waals surface area (Å²) in [6, 6.07) is -0.630. The van der Waals surface area contributed by atoms with Crippen LogP contribution in [0.3, 0.4) is 0 Å². The van der Waals surface area contributed by atoms with Crippen LogP contribution in [0.15, 0.2) is 0 Å². The minimum atomic E-state index is -0.630. The molecule has 0 radical (unpaired) electrons. The summed E-state index contributed by atoms with van der Waals surface area (Å²) >= 11 is 3.86. The van der Waals surface area contributed by atoms with Gasteiger partial charge in [0.1, 0.15) is 12.6 Å². The number of rotatable bonds is 6. The Bertz CT molecular complexity index is 132. The Morgan fingerprint density at radius 2 is 2.25 bits per heavy atom. The maximum Gasteiger partial charge on any atom is 0.323 e. The van der Waals surface area contributed by atoms with E-state index in [1.54, 1.807) is 0 Å². The van der Waals surface area contributed by atoms with Crippen LogP contribution in [0.25, 0.3) is 0 Å². The maximum absolute atomic E-state index is 10.9. The molecule has 0 saturated heterocycles. The average Bonchev–Trinajstić information content (AvgIpc) is 2.10. The van der Waals surface area contributed by atoms with Crippen LogP contribution in [-0.2, 0) is 14.3 Å². The fourth-order valence-corrected chi connectivity index (χ4v) is 0.676. The summed E-state index contributed by atoms with van der Waals surface area (Å²) in [6.07, 6.45) is 0. The SMILES string of the molecule is CCOCCOC(=O)[C@H](N)CS. The van der Waals surface area contributed by atoms with Gasteiger partial charge in [-0.05, 0) is 6.92 Å². The van der Waals surface area contributed by atoms with Gasteiger partial charge in [-0.2, -0.15) is 12.6 Å². The molecule has 0 heterocycles. The molecule has 1 atom stereocenters. The van der Waals surface area contributed by atoms with Gasteiger partial charge in [0, 0.05) is 12.4 Å². The number of carbonyl (C=O) groups excluding carboxylic acids is 1. The highest BCUT2D eigenvalue weighted by Crippen LogP contribution is 1.88. The van der Waals surface area contributed by atoms with Crippen molar-refractivity contribution in [2.75, 3.05) is 25.6 Å². The average molecular weight is 193 g/mol. The molecule has 0 spiro atoms. The first-order valence-electron chi connectivity index (χ1n) is 3.83. The van der Waals surface area contributed by atoms with Crippen molar-refractivity contribution >= 4 is 18.6 Å². The lowest BCUT2D eigenvalue weighted by Gasteiger charge is -2.08. The molecule has 0 saturated carbocycles. The first-order valence-corrected chi connectivity index (χ1v) is 4.46. The Kier molecular flexibility index (Phi) is 7.23. The largest absolute Gasteiger partial charge is 0.462 e. The second-order valence-electron chi connectivity index (χ2n) is 2.15. The van der Waals surface area contributed by atoms with Crippen LogP contribution in [0.5, 0.6) is 0 Å². The number of thiol groups is 1. The molecule has 0 bridgehead atoms. The van der Waals surface area contributed by atoms with E-state index in [4.69, 9.17) is 15.2 Å². The van der Waals surface area contributed by atoms with Gasteiger partial charge < -0.3 is 15.2 Å². The van der Waals surface area contributed by atoms with Gasteiger partial charge in [0.2, 0.25) is 0 Å². The van der Waals surface area contributed by atoms with E-state index in [0.717, 1.165) is 0 Å². The molecule has 0 aromatic heterocycles. The summed E-state index contributed by atoms with van der Waals surface area (Å²) in [4.78, 5) is 10.9. The van der Waals surface area contributed by atoms with Gasteiger partial charge in [0.05, 0.1) is 6.61 Å². The maximum atomic E-state index is 10.9. The van der Waals surface area contributed by atoms with Gasteiger partial charge in [-0.25, -0.2) is 0 Å². The van der Waals surface area contributed by atoms with Crippen LogP contribution in [0.4, 0.5) is 0 Å². The topological polar surface area (TPSA) is 61.5 Å². The van der Waals surface area contributed by atoms with Crippen molar-refractivity contribution in [3.63, 3.8) is 0 Å². The predicted octanol–water partition coefficient (Wildman–Crippen LogP) is -0.177. The number of hydrogen-bond acceptors (Lipinski definition) is 5. The second kappa shape index (κ2) is 7.39. The smallest absolute Gasteiger partial charge is 0.323 e. The molecule has 72 valence electrons. The number of nitrogens with two attached hydrogens (primary N) is 1. The van der Waals surface area contributed by atoms with E-state index >= 15 is 0 Å². The summed E-state index contributed by atoms with van der Waals surface area (Å²) in [7, 11) is 0. The molecule has 0 aliphatic rings. The van der Waals surface area contributed by atoms with Gasteiger partial charge in [-0.1, -0.05) is 0 Å². The molecule has 2 N–H and O–H groups in total. The first-order chi connectivity index (χ1) is 5.72. The molecule has 0 fully saturated rings. The number of esters is 1. The first kappa shape index (κ1) is 11.7. The van der Waals surface area contributed by atoms with Crippen LogP contribution in [0.1, 0.15) is 6.92 Å². The molecule has 0 aromatic carbocycles. The predicted molar refractivity (Wildman–Crippen MR) is 49.3 cm³/mol. The Morgan fingerprint density at radius 3 is 2.75 bits per heavy atom. The highest BCUT2D eigenvalue weighted by Gasteiger charge is 2.11. The summed E-state index contributed by atoms with van der Waals surface area (Å²) in [6.45, 7) is 3.17. The van der Waals surface area contributed by atoms with E-state index < -0.39 is 12.0 Å². The lowest BCUT2D eigenvalue weighted by Crippen LogP contribution is -2.34. The summed E-state index contributed by atoms with van der Waals surface area (Å²) in [5.41, 5.74) is 5.34. The zero-order valence-electron chi connectivity index (χ0n) is 7.16. The minimum absolute atomic E-state index is 0.258. The second-order valence-corrected chi connectivity index (χ2v) is 2.52. The zero-order valence-corrected chi connectivity index (χ0v) is 8.05. The molecule has 0 rings (SSSR count). The Labute approximate surface area is 77.8 Å². The molecule has 4 nitrogen and oxygen atoms in total. The Morgan fingerprint density at radius 1 is 1.58 bits per heavy atom. The number of carbonyl (C=O) groups is 1. The quantitative estimate of drug-likeness (QED) is 0.349. The lowest BCUT2D eigenvalue weighted by atomic mass is 10.4. The van der Waals surface area contributed by atoms with Crippen molar-refractivity contribution in [2.45, 2.75) is 13.0 Å². The van der Waals surface area contributed by atoms with Gasteiger partial charge >= 0.3 is 5.97 Å². The molecular formula is C7H15NO3S. The van der Waals surface area contributed by atoms with Crippen molar-refractivity contribution in [1.29, 1.82) is 0 Å². The lowest BCUT2D eigenvalue weighted by molar-refractivity contribution is -0.146. The minimum Gasteiger partial charge on any atom is -0.462 e. The highest BCUT2D eigenvalue weighted by atomic mass is 32.1. The van der Waals surface area contributed by atoms with E-state index in [2.05, 4.69) is 12.6 Å². The molecular weight excluding hydrogens is 178 g/mol. The molecule has 12 heavy (non-hydrogen) atoms. The zero-order chi connectivity index (χ0) is 9.40. The van der Waals surface area contributed by atoms with Crippen LogP contribution < -0.4 is 5.73 Å². The number of hydrogen-bond donors (Lipinski definition) is 2. The molecule has 5 heteroatoms. The normalized spacial score (nSPS) is 12.6. The molecule has 0 aliphatic carbocycles. The summed E-state index contributed by atoms with van der Waals surface area (Å²) < 4.78 is 9.72. The van der Waals surface area contributed by atoms with E-state index in [1.165, 1.54) is 0 Å². The third-order valence-electron chi connectivity index (χ3n) is 1.18. The highest BCUT2D eigenvalue weighted by molar-refractivity contribution is 7.80. The van der Waals surface area contributed by atoms with Crippen molar-refractivity contribution in [2.24, 2.45) is 5.73 Å². The molecule has 0 unspecified atom stereocenters.